The van der Waals surface area contributed by atoms with E-state index < -0.39 is 0 Å². The van der Waals surface area contributed by atoms with Crippen molar-refractivity contribution in [1.29, 1.82) is 0 Å². The summed E-state index contributed by atoms with van der Waals surface area (Å²) in [5, 5.41) is 4.62. The third-order valence-electron chi connectivity index (χ3n) is 3.16. The normalized spacial score (nSPS) is 10.3. The molecule has 2 aromatic carbocycles. The molecule has 0 atom stereocenters. The van der Waals surface area contributed by atoms with Crippen molar-refractivity contribution in [3.8, 4) is 11.5 Å². The fourth-order valence-electron chi connectivity index (χ4n) is 2.10. The summed E-state index contributed by atoms with van der Waals surface area (Å²) in [5.41, 5.74) is 3.13. The lowest BCUT2D eigenvalue weighted by Crippen LogP contribution is -2.02. The third-order valence-corrected chi connectivity index (χ3v) is 3.68. The summed E-state index contributed by atoms with van der Waals surface area (Å²) in [6.07, 6.45) is 0. The highest BCUT2D eigenvalue weighted by atomic mass is 35.5. The first-order valence-corrected chi connectivity index (χ1v) is 7.21. The van der Waals surface area contributed by atoms with Crippen molar-refractivity contribution in [2.45, 2.75) is 13.5 Å². The van der Waals surface area contributed by atoms with Crippen LogP contribution in [0.2, 0.25) is 10.0 Å². The van der Waals surface area contributed by atoms with Crippen molar-refractivity contribution in [3.63, 3.8) is 0 Å². The first kappa shape index (κ1) is 15.8. The molecule has 112 valence electrons. The second kappa shape index (κ2) is 6.92. The average Bonchev–Trinajstić information content (AvgIpc) is 2.45. The smallest absolute Gasteiger partial charge is 0.179 e. The zero-order valence-electron chi connectivity index (χ0n) is 12.2. The summed E-state index contributed by atoms with van der Waals surface area (Å²) in [4.78, 5) is 0. The Hall–Kier alpha value is -1.58. The van der Waals surface area contributed by atoms with Gasteiger partial charge in [0.2, 0.25) is 0 Å². The lowest BCUT2D eigenvalue weighted by molar-refractivity contribution is 0.355. The Morgan fingerprint density at radius 2 is 1.81 bits per heavy atom. The maximum Gasteiger partial charge on any atom is 0.179 e. The third kappa shape index (κ3) is 3.74. The van der Waals surface area contributed by atoms with Crippen LogP contribution in [0.5, 0.6) is 11.5 Å². The Morgan fingerprint density at radius 1 is 1.05 bits per heavy atom. The van der Waals surface area contributed by atoms with Gasteiger partial charge in [0.25, 0.3) is 0 Å². The van der Waals surface area contributed by atoms with Gasteiger partial charge < -0.3 is 14.8 Å². The number of halogens is 2. The van der Waals surface area contributed by atoms with Gasteiger partial charge in [-0.05, 0) is 48.4 Å². The van der Waals surface area contributed by atoms with Crippen LogP contribution in [0.4, 0.5) is 5.69 Å². The van der Waals surface area contributed by atoms with E-state index in [4.69, 9.17) is 32.7 Å². The van der Waals surface area contributed by atoms with E-state index >= 15 is 0 Å². The fourth-order valence-corrected chi connectivity index (χ4v) is 2.63. The van der Waals surface area contributed by atoms with E-state index in [1.807, 2.05) is 37.3 Å². The van der Waals surface area contributed by atoms with E-state index in [0.29, 0.717) is 23.1 Å². The van der Waals surface area contributed by atoms with E-state index in [1.165, 1.54) is 0 Å². The van der Waals surface area contributed by atoms with Gasteiger partial charge in [-0.2, -0.15) is 0 Å². The second-order valence-electron chi connectivity index (χ2n) is 4.63. The molecular formula is C16H17Cl2NO2. The Kier molecular flexibility index (Phi) is 5.21. The molecule has 0 amide bonds. The molecule has 0 saturated heterocycles. The lowest BCUT2D eigenvalue weighted by atomic mass is 10.1. The van der Waals surface area contributed by atoms with Crippen LogP contribution < -0.4 is 14.8 Å². The minimum Gasteiger partial charge on any atom is -0.493 e. The Bertz CT molecular complexity index is 644. The zero-order chi connectivity index (χ0) is 15.4. The standard InChI is InChI=1S/C16H17Cl2NO2/c1-10-6-12(17)4-5-14(10)19-9-11-7-13(18)16(21-3)15(8-11)20-2/h4-8,19H,9H2,1-3H3. The van der Waals surface area contributed by atoms with E-state index in [1.54, 1.807) is 14.2 Å². The average molecular weight is 326 g/mol. The van der Waals surface area contributed by atoms with E-state index in [-0.39, 0.29) is 0 Å². The summed E-state index contributed by atoms with van der Waals surface area (Å²) in [5.74, 6) is 1.17. The molecule has 0 spiro atoms. The minimum absolute atomic E-state index is 0.529. The topological polar surface area (TPSA) is 30.5 Å². The van der Waals surface area contributed by atoms with Crippen molar-refractivity contribution < 1.29 is 9.47 Å². The minimum atomic E-state index is 0.529. The van der Waals surface area contributed by atoms with Crippen LogP contribution in [0.15, 0.2) is 30.3 Å². The van der Waals surface area contributed by atoms with Crippen LogP contribution in [0.25, 0.3) is 0 Å². The number of aryl methyl sites for hydroxylation is 1. The molecule has 0 aliphatic carbocycles. The van der Waals surface area contributed by atoms with E-state index in [2.05, 4.69) is 5.32 Å². The van der Waals surface area contributed by atoms with Crippen LogP contribution in [-0.4, -0.2) is 14.2 Å². The second-order valence-corrected chi connectivity index (χ2v) is 5.47. The molecule has 0 aliphatic heterocycles. The van der Waals surface area contributed by atoms with E-state index in [0.717, 1.165) is 21.8 Å². The SMILES string of the molecule is COc1cc(CNc2ccc(Cl)cc2C)cc(Cl)c1OC. The van der Waals surface area contributed by atoms with Gasteiger partial charge in [-0.1, -0.05) is 23.2 Å². The molecule has 0 bridgehead atoms. The quantitative estimate of drug-likeness (QED) is 0.845. The number of rotatable bonds is 5. The van der Waals surface area contributed by atoms with Gasteiger partial charge in [-0.3, -0.25) is 0 Å². The highest BCUT2D eigenvalue weighted by Crippen LogP contribution is 2.36. The molecule has 0 unspecified atom stereocenters. The molecule has 21 heavy (non-hydrogen) atoms. The number of benzene rings is 2. The van der Waals surface area contributed by atoms with Gasteiger partial charge in [0.05, 0.1) is 19.2 Å². The van der Waals surface area contributed by atoms with Crippen LogP contribution in [0.1, 0.15) is 11.1 Å². The number of methoxy groups -OCH3 is 2. The van der Waals surface area contributed by atoms with Crippen LogP contribution in [-0.2, 0) is 6.54 Å². The molecule has 1 N–H and O–H groups in total. The molecule has 0 fully saturated rings. The van der Waals surface area contributed by atoms with Crippen LogP contribution in [0, 0.1) is 6.92 Å². The van der Waals surface area contributed by atoms with Crippen molar-refractivity contribution >= 4 is 28.9 Å². The molecule has 0 heterocycles. The highest BCUT2D eigenvalue weighted by molar-refractivity contribution is 6.32. The predicted octanol–water partition coefficient (Wildman–Crippen LogP) is 4.93. The Balaban J connectivity index is 2.18. The lowest BCUT2D eigenvalue weighted by Gasteiger charge is -2.14. The monoisotopic (exact) mass is 325 g/mol. The maximum atomic E-state index is 6.20. The number of anilines is 1. The molecule has 2 aromatic rings. The van der Waals surface area contributed by atoms with Crippen molar-refractivity contribution in [2.75, 3.05) is 19.5 Å². The van der Waals surface area contributed by atoms with Crippen LogP contribution in [0.3, 0.4) is 0 Å². The number of hydrogen-bond acceptors (Lipinski definition) is 3. The summed E-state index contributed by atoms with van der Waals surface area (Å²) in [7, 11) is 3.16. The Labute approximate surface area is 134 Å². The number of hydrogen-bond donors (Lipinski definition) is 1. The number of nitrogens with one attached hydrogen (secondary N) is 1. The highest BCUT2D eigenvalue weighted by Gasteiger charge is 2.11. The van der Waals surface area contributed by atoms with Crippen LogP contribution >= 0.6 is 23.2 Å². The first-order valence-electron chi connectivity index (χ1n) is 6.45. The van der Waals surface area contributed by atoms with Crippen molar-refractivity contribution in [3.05, 3.63) is 51.5 Å². The predicted molar refractivity (Wildman–Crippen MR) is 88.1 cm³/mol. The van der Waals surface area contributed by atoms with Gasteiger partial charge >= 0.3 is 0 Å². The van der Waals surface area contributed by atoms with Gasteiger partial charge in [0.15, 0.2) is 11.5 Å². The Morgan fingerprint density at radius 3 is 2.43 bits per heavy atom. The van der Waals surface area contributed by atoms with Gasteiger partial charge in [0.1, 0.15) is 0 Å². The van der Waals surface area contributed by atoms with Gasteiger partial charge in [-0.25, -0.2) is 0 Å². The molecule has 0 aliphatic rings. The summed E-state index contributed by atoms with van der Waals surface area (Å²) in [6.45, 7) is 2.64. The molecule has 0 aromatic heterocycles. The molecule has 0 saturated carbocycles. The molecular weight excluding hydrogens is 309 g/mol. The fraction of sp³-hybridized carbons (Fsp3) is 0.250. The summed E-state index contributed by atoms with van der Waals surface area (Å²) < 4.78 is 10.5. The molecule has 2 rings (SSSR count). The summed E-state index contributed by atoms with van der Waals surface area (Å²) >= 11 is 12.1. The first-order chi connectivity index (χ1) is 10.0. The van der Waals surface area contributed by atoms with Crippen molar-refractivity contribution in [1.82, 2.24) is 0 Å². The summed E-state index contributed by atoms with van der Waals surface area (Å²) in [6, 6.07) is 9.51. The largest absolute Gasteiger partial charge is 0.493 e. The van der Waals surface area contributed by atoms with Crippen molar-refractivity contribution in [2.24, 2.45) is 0 Å². The molecule has 0 radical (unpaired) electrons. The zero-order valence-corrected chi connectivity index (χ0v) is 13.7. The molecule has 5 heteroatoms. The van der Waals surface area contributed by atoms with Gasteiger partial charge in [0, 0.05) is 17.3 Å². The van der Waals surface area contributed by atoms with Gasteiger partial charge in [-0.15, -0.1) is 0 Å². The number of ether oxygens (including phenoxy) is 2. The van der Waals surface area contributed by atoms with E-state index in [9.17, 15) is 0 Å². The maximum absolute atomic E-state index is 6.20. The molecule has 3 nitrogen and oxygen atoms in total.